The van der Waals surface area contributed by atoms with Crippen LogP contribution in [0.3, 0.4) is 0 Å². The molecule has 1 aromatic rings. The lowest BCUT2D eigenvalue weighted by atomic mass is 10.3. The molecule has 0 N–H and O–H groups in total. The van der Waals surface area contributed by atoms with Gasteiger partial charge in [-0.05, 0) is 28.7 Å². The van der Waals surface area contributed by atoms with E-state index in [0.29, 0.717) is 15.0 Å². The molecule has 0 radical (unpaired) electrons. The molecule has 0 bridgehead atoms. The molecule has 0 aliphatic rings. The lowest BCUT2D eigenvalue weighted by molar-refractivity contribution is 0.112. The van der Waals surface area contributed by atoms with Gasteiger partial charge in [0.25, 0.3) is 0 Å². The van der Waals surface area contributed by atoms with E-state index in [1.54, 1.807) is 12.3 Å². The number of rotatable bonds is 2. The SMILES string of the molecule is COc1c(C=O)ccnc1I. The van der Waals surface area contributed by atoms with Crippen LogP contribution in [-0.4, -0.2) is 18.4 Å². The quantitative estimate of drug-likeness (QED) is 0.461. The van der Waals surface area contributed by atoms with Gasteiger partial charge >= 0.3 is 0 Å². The number of pyridine rings is 1. The lowest BCUT2D eigenvalue weighted by Gasteiger charge is -2.03. The van der Waals surface area contributed by atoms with Crippen LogP contribution in [0.15, 0.2) is 12.3 Å². The zero-order valence-corrected chi connectivity index (χ0v) is 8.03. The molecule has 3 nitrogen and oxygen atoms in total. The van der Waals surface area contributed by atoms with E-state index in [1.165, 1.54) is 7.11 Å². The van der Waals surface area contributed by atoms with Crippen molar-refractivity contribution in [3.8, 4) is 5.75 Å². The second-order valence-corrected chi connectivity index (χ2v) is 2.86. The van der Waals surface area contributed by atoms with Gasteiger partial charge in [0.15, 0.2) is 12.0 Å². The molecule has 1 rings (SSSR count). The van der Waals surface area contributed by atoms with Crippen molar-refractivity contribution in [2.24, 2.45) is 0 Å². The number of ether oxygens (including phenoxy) is 1. The van der Waals surface area contributed by atoms with Gasteiger partial charge in [-0.2, -0.15) is 0 Å². The Labute approximate surface area is 77.9 Å². The van der Waals surface area contributed by atoms with Crippen LogP contribution in [0.25, 0.3) is 0 Å². The number of carbonyl (C=O) groups excluding carboxylic acids is 1. The average Bonchev–Trinajstić information content (AvgIpc) is 2.04. The van der Waals surface area contributed by atoms with E-state index < -0.39 is 0 Å². The van der Waals surface area contributed by atoms with Crippen LogP contribution in [0.1, 0.15) is 10.4 Å². The van der Waals surface area contributed by atoms with Crippen LogP contribution in [0.2, 0.25) is 0 Å². The Kier molecular flexibility index (Phi) is 2.81. The Bertz CT molecular complexity index is 275. The normalized spacial score (nSPS) is 9.27. The Morgan fingerprint density at radius 3 is 2.91 bits per heavy atom. The van der Waals surface area contributed by atoms with Gasteiger partial charge in [0.05, 0.1) is 12.7 Å². The first-order chi connectivity index (χ1) is 5.29. The minimum absolute atomic E-state index is 0.534. The summed E-state index contributed by atoms with van der Waals surface area (Å²) in [5.41, 5.74) is 0.534. The number of nitrogens with zero attached hydrogens (tertiary/aromatic N) is 1. The molecule has 4 heteroatoms. The summed E-state index contributed by atoms with van der Waals surface area (Å²) in [5.74, 6) is 0.545. The van der Waals surface area contributed by atoms with E-state index >= 15 is 0 Å². The number of carbonyl (C=O) groups is 1. The van der Waals surface area contributed by atoms with E-state index in [9.17, 15) is 4.79 Å². The first-order valence-corrected chi connectivity index (χ1v) is 4.01. The van der Waals surface area contributed by atoms with E-state index in [0.717, 1.165) is 6.29 Å². The lowest BCUT2D eigenvalue weighted by Crippen LogP contribution is -1.94. The van der Waals surface area contributed by atoms with Gasteiger partial charge in [0, 0.05) is 6.20 Å². The van der Waals surface area contributed by atoms with Gasteiger partial charge in [-0.1, -0.05) is 0 Å². The van der Waals surface area contributed by atoms with Crippen LogP contribution in [0.4, 0.5) is 0 Å². The molecule has 1 aromatic heterocycles. The molecule has 0 unspecified atom stereocenters. The molecule has 0 aliphatic heterocycles. The maximum atomic E-state index is 10.4. The van der Waals surface area contributed by atoms with Gasteiger partial charge < -0.3 is 4.74 Å². The smallest absolute Gasteiger partial charge is 0.161 e. The molecule has 0 amide bonds. The van der Waals surface area contributed by atoms with Crippen molar-refractivity contribution < 1.29 is 9.53 Å². The van der Waals surface area contributed by atoms with Crippen molar-refractivity contribution in [1.82, 2.24) is 4.98 Å². The van der Waals surface area contributed by atoms with Crippen molar-refractivity contribution in [1.29, 1.82) is 0 Å². The van der Waals surface area contributed by atoms with Crippen molar-refractivity contribution in [3.63, 3.8) is 0 Å². The molecule has 0 saturated heterocycles. The third-order valence-corrected chi connectivity index (χ3v) is 1.99. The first kappa shape index (κ1) is 8.45. The standard InChI is InChI=1S/C7H6INO2/c1-11-6-5(4-10)2-3-9-7(6)8/h2-4H,1H3. The number of aldehydes is 1. The van der Waals surface area contributed by atoms with Crippen LogP contribution >= 0.6 is 22.6 Å². The molecule has 1 heterocycles. The van der Waals surface area contributed by atoms with Crippen molar-refractivity contribution in [2.45, 2.75) is 0 Å². The second-order valence-electron chi connectivity index (χ2n) is 1.84. The third-order valence-electron chi connectivity index (χ3n) is 1.22. The summed E-state index contributed by atoms with van der Waals surface area (Å²) in [4.78, 5) is 14.4. The fourth-order valence-corrected chi connectivity index (χ4v) is 1.42. The Morgan fingerprint density at radius 2 is 2.45 bits per heavy atom. The number of methoxy groups -OCH3 is 1. The maximum absolute atomic E-state index is 10.4. The van der Waals surface area contributed by atoms with Gasteiger partial charge in [-0.15, -0.1) is 0 Å². The zero-order valence-electron chi connectivity index (χ0n) is 5.87. The molecule has 0 spiro atoms. The molecular formula is C7H6INO2. The highest BCUT2D eigenvalue weighted by molar-refractivity contribution is 14.1. The summed E-state index contributed by atoms with van der Waals surface area (Å²) < 4.78 is 5.67. The van der Waals surface area contributed by atoms with Crippen molar-refractivity contribution >= 4 is 28.9 Å². The highest BCUT2D eigenvalue weighted by Gasteiger charge is 2.05. The number of halogens is 1. The second kappa shape index (κ2) is 3.66. The van der Waals surface area contributed by atoms with Crippen LogP contribution in [0, 0.1) is 3.70 Å². The minimum Gasteiger partial charge on any atom is -0.493 e. The highest BCUT2D eigenvalue weighted by atomic mass is 127. The Morgan fingerprint density at radius 1 is 1.73 bits per heavy atom. The maximum Gasteiger partial charge on any atom is 0.161 e. The van der Waals surface area contributed by atoms with E-state index in [1.807, 2.05) is 22.6 Å². The van der Waals surface area contributed by atoms with Gasteiger partial charge in [0.2, 0.25) is 0 Å². The summed E-state index contributed by atoms with van der Waals surface area (Å²) in [5, 5.41) is 0. The summed E-state index contributed by atoms with van der Waals surface area (Å²) in [6.45, 7) is 0. The van der Waals surface area contributed by atoms with Crippen LogP contribution in [0.5, 0.6) is 5.75 Å². The van der Waals surface area contributed by atoms with Crippen molar-refractivity contribution in [2.75, 3.05) is 7.11 Å². The van der Waals surface area contributed by atoms with Gasteiger partial charge in [-0.25, -0.2) is 4.98 Å². The Hall–Kier alpha value is -0.650. The monoisotopic (exact) mass is 263 g/mol. The Balaban J connectivity index is 3.23. The summed E-state index contributed by atoms with van der Waals surface area (Å²) >= 11 is 2.01. The highest BCUT2D eigenvalue weighted by Crippen LogP contribution is 2.20. The molecule has 0 aliphatic carbocycles. The number of hydrogen-bond acceptors (Lipinski definition) is 3. The van der Waals surface area contributed by atoms with E-state index in [4.69, 9.17) is 4.74 Å². The molecule has 11 heavy (non-hydrogen) atoms. The summed E-state index contributed by atoms with van der Waals surface area (Å²) in [6, 6.07) is 1.62. The zero-order chi connectivity index (χ0) is 8.27. The molecule has 0 fully saturated rings. The summed E-state index contributed by atoms with van der Waals surface area (Å²) in [7, 11) is 1.52. The summed E-state index contributed by atoms with van der Waals surface area (Å²) in [6.07, 6.45) is 2.33. The molecular weight excluding hydrogens is 257 g/mol. The fourth-order valence-electron chi connectivity index (χ4n) is 0.731. The van der Waals surface area contributed by atoms with Gasteiger partial charge in [-0.3, -0.25) is 4.79 Å². The first-order valence-electron chi connectivity index (χ1n) is 2.93. The predicted octanol–water partition coefficient (Wildman–Crippen LogP) is 1.51. The van der Waals surface area contributed by atoms with Crippen molar-refractivity contribution in [3.05, 3.63) is 21.5 Å². The largest absolute Gasteiger partial charge is 0.493 e. The molecule has 0 saturated carbocycles. The minimum atomic E-state index is 0.534. The number of hydrogen-bond donors (Lipinski definition) is 0. The fraction of sp³-hybridized carbons (Fsp3) is 0.143. The van der Waals surface area contributed by atoms with Crippen LogP contribution in [-0.2, 0) is 0 Å². The molecule has 0 atom stereocenters. The van der Waals surface area contributed by atoms with Crippen LogP contribution < -0.4 is 4.74 Å². The molecule has 58 valence electrons. The average molecular weight is 263 g/mol. The topological polar surface area (TPSA) is 39.2 Å². The van der Waals surface area contributed by atoms with Gasteiger partial charge in [0.1, 0.15) is 3.70 Å². The number of aromatic nitrogens is 1. The third kappa shape index (κ3) is 1.68. The van der Waals surface area contributed by atoms with E-state index in [-0.39, 0.29) is 0 Å². The van der Waals surface area contributed by atoms with E-state index in [2.05, 4.69) is 4.98 Å². The predicted molar refractivity (Wildman–Crippen MR) is 48.9 cm³/mol. The molecule has 0 aromatic carbocycles.